The Labute approximate surface area is 118 Å². The Morgan fingerprint density at radius 1 is 1.20 bits per heavy atom. The van der Waals surface area contributed by atoms with Crippen molar-refractivity contribution in [2.45, 2.75) is 13.3 Å². The molecule has 2 aromatic rings. The highest BCUT2D eigenvalue weighted by atomic mass is 16.1. The first-order chi connectivity index (χ1) is 9.71. The van der Waals surface area contributed by atoms with Crippen molar-refractivity contribution in [1.82, 2.24) is 0 Å². The van der Waals surface area contributed by atoms with Gasteiger partial charge < -0.3 is 0 Å². The molecule has 0 N–H and O–H groups in total. The van der Waals surface area contributed by atoms with Gasteiger partial charge in [-0.05, 0) is 17.5 Å². The molecule has 0 aliphatic rings. The number of hydrogen-bond acceptors (Lipinski definition) is 2. The molecule has 0 aliphatic heterocycles. The minimum Gasteiger partial charge on any atom is -0.289 e. The lowest BCUT2D eigenvalue weighted by Gasteiger charge is -2.08. The Hall–Kier alpha value is -2.48. The summed E-state index contributed by atoms with van der Waals surface area (Å²) in [6.07, 6.45) is 4.32. The Morgan fingerprint density at radius 2 is 1.90 bits per heavy atom. The normalized spacial score (nSPS) is 10.1. The van der Waals surface area contributed by atoms with Crippen molar-refractivity contribution >= 4 is 18.1 Å². The maximum atomic E-state index is 12.6. The number of benzene rings is 2. The fraction of sp³-hybridized carbons (Fsp3) is 0.111. The minimum absolute atomic E-state index is 0.179. The summed E-state index contributed by atoms with van der Waals surface area (Å²) < 4.78 is 0. The quantitative estimate of drug-likeness (QED) is 0.773. The lowest BCUT2D eigenvalue weighted by Crippen LogP contribution is -2.07. The summed E-state index contributed by atoms with van der Waals surface area (Å²) in [4.78, 5) is 23.6. The second-order valence-electron chi connectivity index (χ2n) is 4.46. The fourth-order valence-electron chi connectivity index (χ4n) is 2.11. The molecular weight excluding hydrogens is 248 g/mol. The fourth-order valence-corrected chi connectivity index (χ4v) is 2.11. The molecule has 99 valence electrons. The molecular formula is C18H15O2. The van der Waals surface area contributed by atoms with Gasteiger partial charge in [0.2, 0.25) is 6.29 Å². The molecule has 2 aromatic carbocycles. The van der Waals surface area contributed by atoms with Crippen LogP contribution in [-0.4, -0.2) is 12.1 Å². The SMILES string of the molecule is C=Cc1cccc([C]=O)c1C(=O)c1ccc(CC)cc1. The minimum atomic E-state index is -0.179. The number of hydrogen-bond donors (Lipinski definition) is 0. The molecule has 0 aromatic heterocycles. The van der Waals surface area contributed by atoms with E-state index in [0.29, 0.717) is 16.7 Å². The average Bonchev–Trinajstić information content (AvgIpc) is 2.53. The van der Waals surface area contributed by atoms with Crippen molar-refractivity contribution in [3.05, 3.63) is 76.9 Å². The molecule has 0 unspecified atom stereocenters. The van der Waals surface area contributed by atoms with E-state index < -0.39 is 0 Å². The van der Waals surface area contributed by atoms with Gasteiger partial charge in [-0.3, -0.25) is 9.59 Å². The van der Waals surface area contributed by atoms with E-state index in [4.69, 9.17) is 0 Å². The standard InChI is InChI=1S/C18H15O2/c1-3-13-8-10-15(11-9-13)18(20)17-14(4-2)6-5-7-16(17)12-19/h4-11H,2-3H2,1H3. The lowest BCUT2D eigenvalue weighted by molar-refractivity contribution is 0.103. The van der Waals surface area contributed by atoms with Crippen LogP contribution in [0.5, 0.6) is 0 Å². The highest BCUT2D eigenvalue weighted by Gasteiger charge is 2.16. The van der Waals surface area contributed by atoms with Crippen molar-refractivity contribution in [2.75, 3.05) is 0 Å². The predicted octanol–water partition coefficient (Wildman–Crippen LogP) is 3.58. The van der Waals surface area contributed by atoms with E-state index in [2.05, 4.69) is 13.5 Å². The van der Waals surface area contributed by atoms with E-state index in [-0.39, 0.29) is 11.3 Å². The second-order valence-corrected chi connectivity index (χ2v) is 4.46. The molecule has 0 saturated heterocycles. The van der Waals surface area contributed by atoms with Crippen LogP contribution in [0.2, 0.25) is 0 Å². The zero-order chi connectivity index (χ0) is 14.5. The van der Waals surface area contributed by atoms with Gasteiger partial charge in [-0.15, -0.1) is 0 Å². The average molecular weight is 263 g/mol. The molecule has 0 atom stereocenters. The highest BCUT2D eigenvalue weighted by molar-refractivity contribution is 6.14. The van der Waals surface area contributed by atoms with Gasteiger partial charge in [-0.25, -0.2) is 0 Å². The first-order valence-corrected chi connectivity index (χ1v) is 6.48. The zero-order valence-electron chi connectivity index (χ0n) is 11.3. The topological polar surface area (TPSA) is 34.1 Å². The van der Waals surface area contributed by atoms with Gasteiger partial charge in [0, 0.05) is 16.7 Å². The lowest BCUT2D eigenvalue weighted by atomic mass is 9.93. The van der Waals surface area contributed by atoms with Crippen molar-refractivity contribution in [3.63, 3.8) is 0 Å². The molecule has 0 heterocycles. The molecule has 0 aliphatic carbocycles. The van der Waals surface area contributed by atoms with Gasteiger partial charge >= 0.3 is 0 Å². The summed E-state index contributed by atoms with van der Waals surface area (Å²) in [5.41, 5.74) is 3.01. The Kier molecular flexibility index (Phi) is 4.26. The van der Waals surface area contributed by atoms with E-state index in [1.54, 1.807) is 36.4 Å². The Bertz CT molecular complexity index is 625. The molecule has 2 rings (SSSR count). The van der Waals surface area contributed by atoms with Crippen LogP contribution in [0.3, 0.4) is 0 Å². The number of ketones is 1. The van der Waals surface area contributed by atoms with Gasteiger partial charge in [-0.2, -0.15) is 0 Å². The van der Waals surface area contributed by atoms with Crippen molar-refractivity contribution in [2.24, 2.45) is 0 Å². The van der Waals surface area contributed by atoms with Crippen LogP contribution in [-0.2, 0) is 11.2 Å². The van der Waals surface area contributed by atoms with Crippen LogP contribution < -0.4 is 0 Å². The number of carbonyl (C=O) groups excluding carboxylic acids is 2. The molecule has 2 heteroatoms. The molecule has 20 heavy (non-hydrogen) atoms. The predicted molar refractivity (Wildman–Crippen MR) is 80.6 cm³/mol. The molecule has 0 amide bonds. The maximum absolute atomic E-state index is 12.6. The third-order valence-electron chi connectivity index (χ3n) is 3.28. The summed E-state index contributed by atoms with van der Waals surface area (Å²) in [5.74, 6) is -0.179. The molecule has 1 radical (unpaired) electrons. The van der Waals surface area contributed by atoms with Crippen molar-refractivity contribution in [1.29, 1.82) is 0 Å². The second kappa shape index (κ2) is 6.11. The van der Waals surface area contributed by atoms with Gasteiger partial charge in [0.25, 0.3) is 0 Å². The van der Waals surface area contributed by atoms with Crippen LogP contribution >= 0.6 is 0 Å². The summed E-state index contributed by atoms with van der Waals surface area (Å²) >= 11 is 0. The molecule has 0 saturated carbocycles. The smallest absolute Gasteiger partial charge is 0.234 e. The highest BCUT2D eigenvalue weighted by Crippen LogP contribution is 2.19. The monoisotopic (exact) mass is 263 g/mol. The number of rotatable bonds is 5. The van der Waals surface area contributed by atoms with E-state index >= 15 is 0 Å². The number of carbonyl (C=O) groups is 1. The molecule has 0 spiro atoms. The summed E-state index contributed by atoms with van der Waals surface area (Å²) in [6, 6.07) is 12.5. The van der Waals surface area contributed by atoms with E-state index in [0.717, 1.165) is 6.42 Å². The van der Waals surface area contributed by atoms with Crippen molar-refractivity contribution in [3.8, 4) is 0 Å². The molecule has 2 nitrogen and oxygen atoms in total. The van der Waals surface area contributed by atoms with Gasteiger partial charge in [-0.1, -0.05) is 62.0 Å². The summed E-state index contributed by atoms with van der Waals surface area (Å²) in [7, 11) is 0. The largest absolute Gasteiger partial charge is 0.289 e. The van der Waals surface area contributed by atoms with E-state index in [1.807, 2.05) is 18.4 Å². The maximum Gasteiger partial charge on any atom is 0.234 e. The summed E-state index contributed by atoms with van der Waals surface area (Å²) in [6.45, 7) is 5.75. The zero-order valence-corrected chi connectivity index (χ0v) is 11.3. The first kappa shape index (κ1) is 13.9. The van der Waals surface area contributed by atoms with E-state index in [9.17, 15) is 9.59 Å². The van der Waals surface area contributed by atoms with Crippen LogP contribution in [0.15, 0.2) is 49.0 Å². The van der Waals surface area contributed by atoms with Gasteiger partial charge in [0.15, 0.2) is 5.78 Å². The number of aryl methyl sites for hydroxylation is 1. The van der Waals surface area contributed by atoms with Crippen LogP contribution in [0.25, 0.3) is 6.08 Å². The molecule has 0 bridgehead atoms. The third kappa shape index (κ3) is 2.59. The summed E-state index contributed by atoms with van der Waals surface area (Å²) in [5, 5.41) is 0. The molecule has 0 fully saturated rings. The first-order valence-electron chi connectivity index (χ1n) is 6.48. The third-order valence-corrected chi connectivity index (χ3v) is 3.28. The Morgan fingerprint density at radius 3 is 2.45 bits per heavy atom. The Balaban J connectivity index is 2.51. The van der Waals surface area contributed by atoms with Crippen LogP contribution in [0.4, 0.5) is 0 Å². The van der Waals surface area contributed by atoms with Crippen molar-refractivity contribution < 1.29 is 9.59 Å². The van der Waals surface area contributed by atoms with Crippen LogP contribution in [0.1, 0.15) is 39.5 Å². The van der Waals surface area contributed by atoms with Gasteiger partial charge in [0.05, 0.1) is 0 Å². The van der Waals surface area contributed by atoms with E-state index in [1.165, 1.54) is 5.56 Å². The van der Waals surface area contributed by atoms with Crippen LogP contribution in [0, 0.1) is 0 Å². The van der Waals surface area contributed by atoms with Gasteiger partial charge in [0.1, 0.15) is 0 Å².